The van der Waals surface area contributed by atoms with Crippen LogP contribution in [0.3, 0.4) is 0 Å². The first-order valence-electron chi connectivity index (χ1n) is 12.1. The van der Waals surface area contributed by atoms with Crippen LogP contribution in [-0.2, 0) is 20.9 Å². The van der Waals surface area contributed by atoms with Crippen molar-refractivity contribution in [1.29, 1.82) is 0 Å². The van der Waals surface area contributed by atoms with Crippen LogP contribution in [-0.4, -0.2) is 45.3 Å². The summed E-state index contributed by atoms with van der Waals surface area (Å²) in [6, 6.07) is 0. The highest BCUT2D eigenvalue weighted by Gasteiger charge is 2.42. The minimum Gasteiger partial charge on any atom is -0.455 e. The van der Waals surface area contributed by atoms with E-state index in [1.165, 1.54) is 20.1 Å². The zero-order chi connectivity index (χ0) is 26.3. The fourth-order valence-electron chi connectivity index (χ4n) is 4.24. The van der Waals surface area contributed by atoms with Gasteiger partial charge in [-0.3, -0.25) is 9.59 Å². The van der Waals surface area contributed by atoms with E-state index in [1.807, 2.05) is 19.9 Å². The number of allylic oxidation sites excluding steroid dienone is 1. The molecule has 2 heterocycles. The predicted molar refractivity (Wildman–Crippen MR) is 129 cm³/mol. The number of cyclic esters (lactones) is 1. The van der Waals surface area contributed by atoms with E-state index in [-0.39, 0.29) is 36.3 Å². The maximum absolute atomic E-state index is 15.1. The number of aliphatic hydroxyl groups is 2. The largest absolute Gasteiger partial charge is 0.455 e. The lowest BCUT2D eigenvalue weighted by Gasteiger charge is -2.34. The molecule has 0 bridgehead atoms. The van der Waals surface area contributed by atoms with Gasteiger partial charge < -0.3 is 25.1 Å². The molecule has 0 aromatic carbocycles. The monoisotopic (exact) mass is 494 g/mol. The van der Waals surface area contributed by atoms with Gasteiger partial charge in [-0.1, -0.05) is 39.3 Å². The summed E-state index contributed by atoms with van der Waals surface area (Å²) in [7, 11) is 0. The summed E-state index contributed by atoms with van der Waals surface area (Å²) in [5.74, 6) is -2.50. The normalized spacial score (nSPS) is 31.5. The Hall–Kier alpha value is -2.36. The van der Waals surface area contributed by atoms with Crippen molar-refractivity contribution >= 4 is 17.8 Å². The third-order valence-corrected chi connectivity index (χ3v) is 6.86. The smallest absolute Gasteiger partial charge is 0.309 e. The number of aliphatic hydroxyl groups excluding tert-OH is 2. The predicted octanol–water partition coefficient (Wildman–Crippen LogP) is 3.86. The van der Waals surface area contributed by atoms with Gasteiger partial charge in [0.2, 0.25) is 5.89 Å². The van der Waals surface area contributed by atoms with Crippen LogP contribution in [0.4, 0.5) is 4.39 Å². The molecule has 1 aromatic rings. The molecule has 4 N–H and O–H groups in total. The molecule has 5 atom stereocenters. The number of esters is 1. The molecule has 35 heavy (non-hydrogen) atoms. The van der Waals surface area contributed by atoms with Crippen molar-refractivity contribution in [2.45, 2.75) is 91.6 Å². The molecule has 196 valence electrons. The van der Waals surface area contributed by atoms with Crippen LogP contribution < -0.4 is 5.73 Å². The number of aromatic nitrogens is 1. The van der Waals surface area contributed by atoms with Gasteiger partial charge in [0.25, 0.3) is 0 Å². The Morgan fingerprint density at radius 1 is 1.31 bits per heavy atom. The maximum atomic E-state index is 15.1. The van der Waals surface area contributed by atoms with Gasteiger partial charge in [-0.2, -0.15) is 0 Å². The van der Waals surface area contributed by atoms with Crippen LogP contribution in [0.1, 0.15) is 78.3 Å². The summed E-state index contributed by atoms with van der Waals surface area (Å²) >= 11 is 0. The average Bonchev–Trinajstić information content (AvgIpc) is 3.26. The lowest BCUT2D eigenvalue weighted by atomic mass is 9.73. The molecule has 0 saturated heterocycles. The lowest BCUT2D eigenvalue weighted by molar-refractivity contribution is -0.154. The number of hydrogen-bond donors (Lipinski definition) is 3. The highest BCUT2D eigenvalue weighted by atomic mass is 19.1. The van der Waals surface area contributed by atoms with Crippen LogP contribution in [0, 0.1) is 17.3 Å². The Labute approximate surface area is 206 Å². The van der Waals surface area contributed by atoms with E-state index >= 15 is 4.39 Å². The molecular formula is C26H39FN2O6. The molecule has 9 heteroatoms. The molecule has 2 rings (SSSR count). The van der Waals surface area contributed by atoms with Gasteiger partial charge in [0.15, 0.2) is 6.10 Å². The number of hydrogen-bond acceptors (Lipinski definition) is 8. The minimum absolute atomic E-state index is 0.0659. The van der Waals surface area contributed by atoms with Crippen LogP contribution in [0.5, 0.6) is 0 Å². The number of carbonyl (C=O) groups excluding carboxylic acids is 2. The van der Waals surface area contributed by atoms with Crippen molar-refractivity contribution in [1.82, 2.24) is 4.98 Å². The summed E-state index contributed by atoms with van der Waals surface area (Å²) in [4.78, 5) is 29.8. The summed E-state index contributed by atoms with van der Waals surface area (Å²) in [5, 5.41) is 21.5. The molecule has 0 aliphatic carbocycles. The third kappa shape index (κ3) is 7.81. The first kappa shape index (κ1) is 28.9. The van der Waals surface area contributed by atoms with Gasteiger partial charge in [0.1, 0.15) is 23.6 Å². The van der Waals surface area contributed by atoms with E-state index in [4.69, 9.17) is 14.9 Å². The summed E-state index contributed by atoms with van der Waals surface area (Å²) < 4.78 is 25.7. The highest BCUT2D eigenvalue weighted by Crippen LogP contribution is 2.32. The SMILES string of the molecule is C/C1=C/C[C@@H](C(F)=Cc2coc(CN)n2)OC(=O)C[C@H](O)C(C)(C)C(=O)[C@H](C)[C@@H](O)[C@@H](C)CCC1. The second-order valence-electron chi connectivity index (χ2n) is 10.1. The zero-order valence-corrected chi connectivity index (χ0v) is 21.3. The molecule has 0 fully saturated rings. The van der Waals surface area contributed by atoms with Crippen LogP contribution in [0.15, 0.2) is 28.2 Å². The topological polar surface area (TPSA) is 136 Å². The second-order valence-corrected chi connectivity index (χ2v) is 10.1. The Kier molecular flexibility index (Phi) is 10.4. The zero-order valence-electron chi connectivity index (χ0n) is 21.3. The highest BCUT2D eigenvalue weighted by molar-refractivity contribution is 5.88. The van der Waals surface area contributed by atoms with Gasteiger partial charge in [-0.15, -0.1) is 0 Å². The number of carbonyl (C=O) groups is 2. The number of nitrogens with zero attached hydrogens (tertiary/aromatic N) is 1. The standard InChI is InChI=1S/C26H39FN2O6/c1-15-7-6-8-16(2)24(32)17(3)25(33)26(4,5)21(30)12-23(31)35-20(10-9-15)19(27)11-18-14-34-22(13-28)29-18/h9,11,14,16-17,20-21,24,30,32H,6-8,10,12-13,28H2,1-5H3/b15-9-,19-11?/t16-,17+,20-,21-,24-/m0/s1. The molecule has 1 aliphatic heterocycles. The van der Waals surface area contributed by atoms with E-state index in [2.05, 4.69) is 4.98 Å². The number of ketones is 1. The van der Waals surface area contributed by atoms with E-state index in [9.17, 15) is 19.8 Å². The van der Waals surface area contributed by atoms with Crippen LogP contribution in [0.2, 0.25) is 0 Å². The molecule has 0 spiro atoms. The van der Waals surface area contributed by atoms with E-state index < -0.39 is 47.9 Å². The Balaban J connectivity index is 2.33. The lowest BCUT2D eigenvalue weighted by Crippen LogP contribution is -2.45. The fraction of sp³-hybridized carbons (Fsp3) is 0.654. The fourth-order valence-corrected chi connectivity index (χ4v) is 4.24. The van der Waals surface area contributed by atoms with E-state index in [0.29, 0.717) is 6.42 Å². The number of Topliss-reactive ketones (excluding diaryl/α,β-unsaturated/α-hetero) is 1. The molecular weight excluding hydrogens is 455 g/mol. The molecule has 0 unspecified atom stereocenters. The van der Waals surface area contributed by atoms with Gasteiger partial charge in [-0.25, -0.2) is 9.37 Å². The maximum Gasteiger partial charge on any atom is 0.309 e. The number of rotatable bonds is 3. The molecule has 1 aliphatic rings. The molecule has 0 saturated carbocycles. The van der Waals surface area contributed by atoms with Crippen molar-refractivity contribution in [3.63, 3.8) is 0 Å². The van der Waals surface area contributed by atoms with E-state index in [0.717, 1.165) is 24.5 Å². The number of oxazole rings is 1. The number of nitrogens with two attached hydrogens (primary N) is 1. The summed E-state index contributed by atoms with van der Waals surface area (Å²) in [6.07, 6.45) is 2.54. The van der Waals surface area contributed by atoms with Crippen molar-refractivity contribution < 1.29 is 33.3 Å². The van der Waals surface area contributed by atoms with Gasteiger partial charge in [-0.05, 0) is 32.1 Å². The second kappa shape index (κ2) is 12.6. The van der Waals surface area contributed by atoms with Gasteiger partial charge >= 0.3 is 5.97 Å². The van der Waals surface area contributed by atoms with E-state index in [1.54, 1.807) is 6.92 Å². The van der Waals surface area contributed by atoms with Crippen molar-refractivity contribution in [3.05, 3.63) is 35.3 Å². The first-order chi connectivity index (χ1) is 16.4. The van der Waals surface area contributed by atoms with Gasteiger partial charge in [0, 0.05) is 18.4 Å². The van der Waals surface area contributed by atoms with Crippen LogP contribution >= 0.6 is 0 Å². The van der Waals surface area contributed by atoms with Crippen LogP contribution in [0.25, 0.3) is 6.08 Å². The van der Waals surface area contributed by atoms with Crippen molar-refractivity contribution in [3.8, 4) is 0 Å². The Bertz CT molecular complexity index is 938. The first-order valence-corrected chi connectivity index (χ1v) is 12.1. The quantitative estimate of drug-likeness (QED) is 0.426. The number of ether oxygens (including phenoxy) is 1. The molecule has 1 aromatic heterocycles. The Morgan fingerprint density at radius 3 is 2.63 bits per heavy atom. The third-order valence-electron chi connectivity index (χ3n) is 6.86. The Morgan fingerprint density at radius 2 is 2.00 bits per heavy atom. The average molecular weight is 495 g/mol. The molecule has 0 amide bonds. The van der Waals surface area contributed by atoms with Gasteiger partial charge in [0.05, 0.1) is 30.6 Å². The summed E-state index contributed by atoms with van der Waals surface area (Å²) in [6.45, 7) is 8.58. The minimum atomic E-state index is -1.37. The summed E-state index contributed by atoms with van der Waals surface area (Å²) in [5.41, 5.74) is 5.36. The molecule has 8 nitrogen and oxygen atoms in total. The van der Waals surface area contributed by atoms with Crippen molar-refractivity contribution in [2.75, 3.05) is 0 Å². The van der Waals surface area contributed by atoms with Crippen molar-refractivity contribution in [2.24, 2.45) is 23.0 Å². The number of halogens is 1. The molecule has 0 radical (unpaired) electrons.